The van der Waals surface area contributed by atoms with Crippen LogP contribution in [0.2, 0.25) is 5.02 Å². The van der Waals surface area contributed by atoms with Crippen molar-refractivity contribution in [1.82, 2.24) is 5.32 Å². The van der Waals surface area contributed by atoms with Gasteiger partial charge in [0.25, 0.3) is 0 Å². The topological polar surface area (TPSA) is 32.3 Å². The first kappa shape index (κ1) is 13.4. The van der Waals surface area contributed by atoms with E-state index in [1.54, 1.807) is 0 Å². The zero-order valence-electron chi connectivity index (χ0n) is 10.5. The van der Waals surface area contributed by atoms with Gasteiger partial charge in [-0.1, -0.05) is 27.5 Å². The number of rotatable bonds is 3. The van der Waals surface area contributed by atoms with E-state index in [1.165, 1.54) is 12.8 Å². The first-order chi connectivity index (χ1) is 9.15. The molecule has 1 aromatic carbocycles. The maximum absolute atomic E-state index is 12.5. The molecule has 5 heteroatoms. The highest BCUT2D eigenvalue weighted by molar-refractivity contribution is 9.10. The maximum Gasteiger partial charge on any atom is 0.244 e. The molecule has 1 aliphatic carbocycles. The van der Waals surface area contributed by atoms with Gasteiger partial charge in [-0.3, -0.25) is 4.79 Å². The van der Waals surface area contributed by atoms with E-state index in [2.05, 4.69) is 21.2 Å². The van der Waals surface area contributed by atoms with E-state index in [-0.39, 0.29) is 11.9 Å². The van der Waals surface area contributed by atoms with Gasteiger partial charge >= 0.3 is 0 Å². The predicted octanol–water partition coefficient (Wildman–Crippen LogP) is 3.35. The van der Waals surface area contributed by atoms with Gasteiger partial charge in [0.15, 0.2) is 0 Å². The molecule has 0 spiro atoms. The third-order valence-electron chi connectivity index (χ3n) is 3.65. The summed E-state index contributed by atoms with van der Waals surface area (Å²) >= 11 is 9.66. The third kappa shape index (κ3) is 2.96. The minimum atomic E-state index is -0.0451. The molecule has 1 aromatic rings. The van der Waals surface area contributed by atoms with E-state index in [9.17, 15) is 4.79 Å². The van der Waals surface area contributed by atoms with Crippen molar-refractivity contribution in [2.45, 2.75) is 37.8 Å². The predicted molar refractivity (Wildman–Crippen MR) is 80.7 cm³/mol. The highest BCUT2D eigenvalue weighted by Crippen LogP contribution is 2.32. The molecule has 1 amide bonds. The molecule has 1 aliphatic heterocycles. The van der Waals surface area contributed by atoms with Gasteiger partial charge in [0.2, 0.25) is 5.91 Å². The van der Waals surface area contributed by atoms with Crippen LogP contribution < -0.4 is 10.2 Å². The van der Waals surface area contributed by atoms with E-state index < -0.39 is 0 Å². The molecule has 102 valence electrons. The van der Waals surface area contributed by atoms with Gasteiger partial charge in [-0.05, 0) is 43.9 Å². The van der Waals surface area contributed by atoms with Crippen LogP contribution in [0.1, 0.15) is 25.7 Å². The SMILES string of the molecule is O=C1C(NC2CC2)CCCN1c1cc(Br)ccc1Cl. The first-order valence-corrected chi connectivity index (χ1v) is 7.85. The Labute approximate surface area is 126 Å². The number of nitrogens with one attached hydrogen (secondary N) is 1. The number of hydrogen-bond donors (Lipinski definition) is 1. The number of nitrogens with zero attached hydrogens (tertiary/aromatic N) is 1. The third-order valence-corrected chi connectivity index (χ3v) is 4.46. The van der Waals surface area contributed by atoms with Crippen LogP contribution in [-0.2, 0) is 4.79 Å². The summed E-state index contributed by atoms with van der Waals surface area (Å²) in [6.45, 7) is 0.748. The summed E-state index contributed by atoms with van der Waals surface area (Å²) in [5.74, 6) is 0.151. The largest absolute Gasteiger partial charge is 0.310 e. The highest BCUT2D eigenvalue weighted by Gasteiger charge is 2.34. The minimum Gasteiger partial charge on any atom is -0.310 e. The summed E-state index contributed by atoms with van der Waals surface area (Å²) in [6, 6.07) is 6.13. The second-order valence-electron chi connectivity index (χ2n) is 5.22. The van der Waals surface area contributed by atoms with E-state index in [1.807, 2.05) is 23.1 Å². The second kappa shape index (κ2) is 5.43. The number of benzene rings is 1. The number of carbonyl (C=O) groups excluding carboxylic acids is 1. The second-order valence-corrected chi connectivity index (χ2v) is 6.54. The Balaban J connectivity index is 1.82. The van der Waals surface area contributed by atoms with Gasteiger partial charge in [-0.2, -0.15) is 0 Å². The smallest absolute Gasteiger partial charge is 0.244 e. The molecule has 3 nitrogen and oxygen atoms in total. The van der Waals surface area contributed by atoms with Crippen LogP contribution in [-0.4, -0.2) is 24.5 Å². The summed E-state index contributed by atoms with van der Waals surface area (Å²) in [4.78, 5) is 14.4. The van der Waals surface area contributed by atoms with Crippen molar-refractivity contribution >= 4 is 39.1 Å². The molecule has 1 atom stereocenters. The Morgan fingerprint density at radius 3 is 2.84 bits per heavy atom. The fraction of sp³-hybridized carbons (Fsp3) is 0.500. The van der Waals surface area contributed by atoms with Crippen molar-refractivity contribution in [3.05, 3.63) is 27.7 Å². The average molecular weight is 344 g/mol. The maximum atomic E-state index is 12.5. The van der Waals surface area contributed by atoms with Crippen LogP contribution in [0.25, 0.3) is 0 Å². The molecular formula is C14H16BrClN2O. The summed E-state index contributed by atoms with van der Waals surface area (Å²) in [6.07, 6.45) is 4.33. The van der Waals surface area contributed by atoms with Crippen molar-refractivity contribution in [3.8, 4) is 0 Å². The van der Waals surface area contributed by atoms with E-state index >= 15 is 0 Å². The Morgan fingerprint density at radius 2 is 2.11 bits per heavy atom. The van der Waals surface area contributed by atoms with Gasteiger partial charge in [-0.15, -0.1) is 0 Å². The van der Waals surface area contributed by atoms with Crippen molar-refractivity contribution in [3.63, 3.8) is 0 Å². The van der Waals surface area contributed by atoms with Crippen LogP contribution in [0.15, 0.2) is 22.7 Å². The van der Waals surface area contributed by atoms with Crippen LogP contribution in [0.4, 0.5) is 5.69 Å². The summed E-state index contributed by atoms with van der Waals surface area (Å²) in [5, 5.41) is 4.06. The molecule has 2 fully saturated rings. The van der Waals surface area contributed by atoms with Crippen LogP contribution in [0, 0.1) is 0 Å². The highest BCUT2D eigenvalue weighted by atomic mass is 79.9. The van der Waals surface area contributed by atoms with Crippen molar-refractivity contribution < 1.29 is 4.79 Å². The quantitative estimate of drug-likeness (QED) is 0.913. The zero-order valence-corrected chi connectivity index (χ0v) is 12.9. The lowest BCUT2D eigenvalue weighted by atomic mass is 10.0. The average Bonchev–Trinajstić information content (AvgIpc) is 3.19. The molecule has 3 rings (SSSR count). The van der Waals surface area contributed by atoms with E-state index in [0.717, 1.165) is 29.5 Å². The number of halogens is 2. The molecule has 19 heavy (non-hydrogen) atoms. The van der Waals surface area contributed by atoms with Crippen molar-refractivity contribution in [1.29, 1.82) is 0 Å². The molecule has 1 saturated heterocycles. The molecule has 0 bridgehead atoms. The lowest BCUT2D eigenvalue weighted by Gasteiger charge is -2.33. The van der Waals surface area contributed by atoms with Crippen LogP contribution in [0.3, 0.4) is 0 Å². The van der Waals surface area contributed by atoms with Gasteiger partial charge in [-0.25, -0.2) is 0 Å². The van der Waals surface area contributed by atoms with Crippen molar-refractivity contribution in [2.75, 3.05) is 11.4 Å². The van der Waals surface area contributed by atoms with Crippen LogP contribution in [0.5, 0.6) is 0 Å². The van der Waals surface area contributed by atoms with Gasteiger partial charge in [0.05, 0.1) is 16.8 Å². The number of piperidine rings is 1. The van der Waals surface area contributed by atoms with E-state index in [0.29, 0.717) is 11.1 Å². The Kier molecular flexibility index (Phi) is 3.83. The van der Waals surface area contributed by atoms with Crippen molar-refractivity contribution in [2.24, 2.45) is 0 Å². The lowest BCUT2D eigenvalue weighted by molar-refractivity contribution is -0.121. The Bertz CT molecular complexity index is 504. The van der Waals surface area contributed by atoms with Gasteiger partial charge < -0.3 is 10.2 Å². The Hall–Kier alpha value is -0.580. The number of hydrogen-bond acceptors (Lipinski definition) is 2. The summed E-state index contributed by atoms with van der Waals surface area (Å²) < 4.78 is 0.942. The molecule has 1 heterocycles. The normalized spacial score (nSPS) is 23.8. The van der Waals surface area contributed by atoms with Gasteiger partial charge in [0, 0.05) is 17.1 Å². The fourth-order valence-electron chi connectivity index (χ4n) is 2.50. The Morgan fingerprint density at radius 1 is 1.32 bits per heavy atom. The number of amides is 1. The summed E-state index contributed by atoms with van der Waals surface area (Å²) in [5.41, 5.74) is 0.809. The van der Waals surface area contributed by atoms with Gasteiger partial charge in [0.1, 0.15) is 0 Å². The standard InChI is InChI=1S/C14H16BrClN2O/c15-9-3-6-11(16)13(8-9)18-7-1-2-12(14(18)19)17-10-4-5-10/h3,6,8,10,12,17H,1-2,4-5,7H2. The molecular weight excluding hydrogens is 328 g/mol. The molecule has 0 radical (unpaired) electrons. The summed E-state index contributed by atoms with van der Waals surface area (Å²) in [7, 11) is 0. The molecule has 2 aliphatic rings. The number of carbonyl (C=O) groups is 1. The minimum absolute atomic E-state index is 0.0451. The molecule has 1 saturated carbocycles. The van der Waals surface area contributed by atoms with Crippen LogP contribution >= 0.6 is 27.5 Å². The fourth-order valence-corrected chi connectivity index (χ4v) is 3.06. The van der Waals surface area contributed by atoms with E-state index in [4.69, 9.17) is 11.6 Å². The monoisotopic (exact) mass is 342 g/mol. The molecule has 1 N–H and O–H groups in total. The number of anilines is 1. The molecule has 0 aromatic heterocycles. The first-order valence-electron chi connectivity index (χ1n) is 6.67. The lowest BCUT2D eigenvalue weighted by Crippen LogP contribution is -2.51. The zero-order chi connectivity index (χ0) is 13.4. The molecule has 1 unspecified atom stereocenters.